The summed E-state index contributed by atoms with van der Waals surface area (Å²) in [7, 11) is 0. The van der Waals surface area contributed by atoms with Gasteiger partial charge in [0, 0.05) is 50.5 Å². The van der Waals surface area contributed by atoms with Gasteiger partial charge in [-0.1, -0.05) is 30.7 Å². The lowest BCUT2D eigenvalue weighted by Gasteiger charge is -2.35. The second-order valence-electron chi connectivity index (χ2n) is 12.8. The van der Waals surface area contributed by atoms with E-state index in [0.29, 0.717) is 38.5 Å². The first-order valence-electron chi connectivity index (χ1n) is 17.3. The van der Waals surface area contributed by atoms with Gasteiger partial charge >= 0.3 is 35.9 Å². The Balaban J connectivity index is 1.85. The van der Waals surface area contributed by atoms with Crippen LogP contribution in [0.2, 0.25) is 0 Å². The minimum atomic E-state index is -1.63. The summed E-state index contributed by atoms with van der Waals surface area (Å²) in [5.74, 6) is -8.25. The van der Waals surface area contributed by atoms with Gasteiger partial charge in [-0.05, 0) is 75.8 Å². The number of rotatable bonds is 5. The number of Topliss-reactive ketones (excluding diaryl/α,β-unsaturated/α-hetero) is 2. The van der Waals surface area contributed by atoms with Gasteiger partial charge < -0.3 is 23.8 Å². The van der Waals surface area contributed by atoms with Crippen molar-refractivity contribution in [3.05, 3.63) is 54.4 Å². The molecule has 0 aromatic carbocycles. The number of nitrogens with zero attached hydrogens (tertiary/aromatic N) is 2. The fraction of sp³-hybridized carbons (Fsp3) is 0.541. The Morgan fingerprint density at radius 3 is 2.45 bits per heavy atom. The number of amides is 1. The number of carbonyl (C=O) groups excluding carboxylic acids is 8. The van der Waals surface area contributed by atoms with Gasteiger partial charge in [-0.3, -0.25) is 24.2 Å². The zero-order valence-electron chi connectivity index (χ0n) is 29.2. The number of allylic oxidation sites excluding steroid dienone is 2. The van der Waals surface area contributed by atoms with Crippen molar-refractivity contribution in [2.75, 3.05) is 13.2 Å². The maximum Gasteiger partial charge on any atom is 0.516 e. The zero-order chi connectivity index (χ0) is 37.3. The van der Waals surface area contributed by atoms with Crippen molar-refractivity contribution in [2.45, 2.75) is 103 Å². The van der Waals surface area contributed by atoms with E-state index in [1.54, 1.807) is 37.5 Å². The monoisotopic (exact) mass is 710 g/mol. The van der Waals surface area contributed by atoms with Crippen molar-refractivity contribution in [3.63, 3.8) is 0 Å². The van der Waals surface area contributed by atoms with Crippen LogP contribution in [0, 0.1) is 11.8 Å². The van der Waals surface area contributed by atoms with Gasteiger partial charge in [-0.2, -0.15) is 0 Å². The van der Waals surface area contributed by atoms with Crippen molar-refractivity contribution < 1.29 is 57.3 Å². The number of pyridine rings is 1. The molecule has 14 nitrogen and oxygen atoms in total. The lowest BCUT2D eigenvalue weighted by atomic mass is 9.88. The topological polar surface area (TPSA) is 190 Å². The SMILES string of the molecule is C=CCC1/C=C(\C)CCOC(=O)OC(=O)CCCC(=O)C(=O)OC(=O)C(=O)N2CCCC[C@H]2C(=O)O[C@H](CCc2cccnc2)[C@H](C)CCC1=O. The molecule has 0 radical (unpaired) electrons. The molecule has 1 aromatic rings. The molecule has 3 heterocycles. The van der Waals surface area contributed by atoms with E-state index in [9.17, 15) is 38.4 Å². The molecule has 3 rings (SSSR count). The quantitative estimate of drug-likeness (QED) is 0.138. The summed E-state index contributed by atoms with van der Waals surface area (Å²) >= 11 is 0. The molecule has 0 N–H and O–H groups in total. The normalized spacial score (nSPS) is 25.8. The van der Waals surface area contributed by atoms with Gasteiger partial charge in [0.2, 0.25) is 5.78 Å². The number of hydrogen-bond acceptors (Lipinski definition) is 13. The highest BCUT2D eigenvalue weighted by Crippen LogP contribution is 2.26. The van der Waals surface area contributed by atoms with Gasteiger partial charge in [-0.15, -0.1) is 6.58 Å². The van der Waals surface area contributed by atoms with E-state index in [1.165, 1.54) is 0 Å². The molecule has 2 aliphatic heterocycles. The molecule has 14 heteroatoms. The van der Waals surface area contributed by atoms with Crippen molar-refractivity contribution in [1.82, 2.24) is 9.88 Å². The predicted octanol–water partition coefficient (Wildman–Crippen LogP) is 4.32. The van der Waals surface area contributed by atoms with Crippen molar-refractivity contribution in [3.8, 4) is 0 Å². The van der Waals surface area contributed by atoms with Gasteiger partial charge in [0.25, 0.3) is 0 Å². The Hall–Kier alpha value is -5.01. The van der Waals surface area contributed by atoms with Crippen LogP contribution in [0.25, 0.3) is 0 Å². The summed E-state index contributed by atoms with van der Waals surface area (Å²) in [5.41, 5.74) is 1.68. The van der Waals surface area contributed by atoms with Crippen molar-refractivity contribution in [1.29, 1.82) is 0 Å². The van der Waals surface area contributed by atoms with Crippen LogP contribution >= 0.6 is 0 Å². The van der Waals surface area contributed by atoms with Crippen LogP contribution in [0.4, 0.5) is 4.79 Å². The van der Waals surface area contributed by atoms with Crippen LogP contribution in [-0.2, 0) is 58.9 Å². The maximum absolute atomic E-state index is 13.7. The number of aromatic nitrogens is 1. The number of esters is 4. The summed E-state index contributed by atoms with van der Waals surface area (Å²) in [5, 5.41) is 0. The highest BCUT2D eigenvalue weighted by Gasteiger charge is 2.39. The fourth-order valence-electron chi connectivity index (χ4n) is 5.87. The highest BCUT2D eigenvalue weighted by atomic mass is 16.7. The maximum atomic E-state index is 13.7. The van der Waals surface area contributed by atoms with Gasteiger partial charge in [0.05, 0.1) is 6.61 Å². The molecule has 1 amide bonds. The number of hydrogen-bond donors (Lipinski definition) is 0. The average Bonchev–Trinajstić information content (AvgIpc) is 3.11. The summed E-state index contributed by atoms with van der Waals surface area (Å²) in [6.07, 6.45) is 7.06. The predicted molar refractivity (Wildman–Crippen MR) is 179 cm³/mol. The standard InChI is InChI=1S/C37H46N2O12/c1-4-9-27-22-24(2)18-21-48-37(47)50-32(42)13-7-12-30(41)35(45)51-36(46)33(43)39-20-6-5-11-28(39)34(44)49-31(25(3)14-16-29(27)40)17-15-26-10-8-19-38-23-26/h4,8,10,19,22-23,25,27-28,31H,1,5-7,9,11-18,20-21H2,2-3H3/b24-22+/t25-,27?,28+,31-/m1/s1. The molecule has 2 aliphatic rings. The smallest absolute Gasteiger partial charge is 0.461 e. The summed E-state index contributed by atoms with van der Waals surface area (Å²) in [4.78, 5) is 107. The minimum absolute atomic E-state index is 0.0163. The molecule has 1 aromatic heterocycles. The molecule has 0 spiro atoms. The minimum Gasteiger partial charge on any atom is -0.461 e. The van der Waals surface area contributed by atoms with Crippen LogP contribution in [0.1, 0.15) is 90.0 Å². The van der Waals surface area contributed by atoms with E-state index in [4.69, 9.17) is 9.47 Å². The van der Waals surface area contributed by atoms with Crippen LogP contribution in [0.5, 0.6) is 0 Å². The largest absolute Gasteiger partial charge is 0.516 e. The Bertz CT molecular complexity index is 1490. The third-order valence-corrected chi connectivity index (χ3v) is 8.83. The van der Waals surface area contributed by atoms with Gasteiger partial charge in [0.15, 0.2) is 0 Å². The van der Waals surface area contributed by atoms with E-state index in [0.717, 1.165) is 16.0 Å². The lowest BCUT2D eigenvalue weighted by molar-refractivity contribution is -0.174. The molecule has 0 bridgehead atoms. The molecule has 0 saturated carbocycles. The Morgan fingerprint density at radius 1 is 0.941 bits per heavy atom. The number of piperidine rings is 1. The molecule has 4 atom stereocenters. The van der Waals surface area contributed by atoms with E-state index in [-0.39, 0.29) is 50.5 Å². The highest BCUT2D eigenvalue weighted by molar-refractivity contribution is 6.41. The molecule has 1 saturated heterocycles. The Morgan fingerprint density at radius 2 is 1.73 bits per heavy atom. The van der Waals surface area contributed by atoms with Crippen LogP contribution in [0.3, 0.4) is 0 Å². The van der Waals surface area contributed by atoms with E-state index < -0.39 is 72.6 Å². The first kappa shape index (κ1) is 40.4. The van der Waals surface area contributed by atoms with E-state index in [1.807, 2.05) is 13.0 Å². The van der Waals surface area contributed by atoms with Crippen LogP contribution in [0.15, 0.2) is 48.8 Å². The Kier molecular flexibility index (Phi) is 16.3. The molecular formula is C37H46N2O12. The molecule has 1 unspecified atom stereocenters. The van der Waals surface area contributed by atoms with E-state index in [2.05, 4.69) is 21.0 Å². The number of aryl methyl sites for hydroxylation is 1. The second-order valence-corrected chi connectivity index (χ2v) is 12.8. The number of ether oxygens (including phenoxy) is 4. The summed E-state index contributed by atoms with van der Waals surface area (Å²) in [6, 6.07) is 2.55. The third-order valence-electron chi connectivity index (χ3n) is 8.83. The molecule has 276 valence electrons. The number of carbonyl (C=O) groups is 8. The van der Waals surface area contributed by atoms with E-state index >= 15 is 0 Å². The third kappa shape index (κ3) is 13.3. The molecule has 1 fully saturated rings. The Labute approximate surface area is 296 Å². The zero-order valence-corrected chi connectivity index (χ0v) is 29.2. The molecular weight excluding hydrogens is 664 g/mol. The summed E-state index contributed by atoms with van der Waals surface area (Å²) in [6.45, 7) is 7.32. The molecule has 51 heavy (non-hydrogen) atoms. The average molecular weight is 711 g/mol. The molecule has 0 aliphatic carbocycles. The lowest BCUT2D eigenvalue weighted by Crippen LogP contribution is -2.52. The van der Waals surface area contributed by atoms with Gasteiger partial charge in [-0.25, -0.2) is 19.2 Å². The number of ketones is 2. The van der Waals surface area contributed by atoms with Crippen LogP contribution in [-0.4, -0.2) is 82.7 Å². The first-order valence-corrected chi connectivity index (χ1v) is 17.3. The fourth-order valence-corrected chi connectivity index (χ4v) is 5.87. The van der Waals surface area contributed by atoms with Gasteiger partial charge in [0.1, 0.15) is 17.9 Å². The number of fused-ring (bicyclic) bond motifs is 1. The van der Waals surface area contributed by atoms with Crippen molar-refractivity contribution in [2.24, 2.45) is 11.8 Å². The van der Waals surface area contributed by atoms with Crippen molar-refractivity contribution >= 4 is 47.5 Å². The summed E-state index contributed by atoms with van der Waals surface area (Å²) < 4.78 is 20.1. The number of cyclic esters (lactones) is 6. The second kappa shape index (κ2) is 20.6. The first-order chi connectivity index (χ1) is 24.4. The van der Waals surface area contributed by atoms with Crippen LogP contribution < -0.4 is 0 Å².